The van der Waals surface area contributed by atoms with E-state index in [1.54, 1.807) is 0 Å². The fourth-order valence-corrected chi connectivity index (χ4v) is 1.87. The Balaban J connectivity index is 2.87. The molecule has 0 aliphatic rings. The lowest BCUT2D eigenvalue weighted by Crippen LogP contribution is -2.27. The van der Waals surface area contributed by atoms with E-state index in [4.69, 9.17) is 0 Å². The summed E-state index contributed by atoms with van der Waals surface area (Å²) in [6.45, 7) is 8.56. The van der Waals surface area contributed by atoms with Crippen molar-refractivity contribution in [2.45, 2.75) is 27.3 Å². The minimum atomic E-state index is -0.443. The number of benzene rings is 1. The van der Waals surface area contributed by atoms with Gasteiger partial charge in [-0.05, 0) is 18.5 Å². The molecule has 18 heavy (non-hydrogen) atoms. The molecule has 0 radical (unpaired) electrons. The summed E-state index contributed by atoms with van der Waals surface area (Å²) in [6.07, 6.45) is 0. The summed E-state index contributed by atoms with van der Waals surface area (Å²) in [5.74, 6) is 0.633. The number of phenols is 1. The lowest BCUT2D eigenvalue weighted by molar-refractivity contribution is -0.385. The van der Waals surface area contributed by atoms with Crippen molar-refractivity contribution in [3.63, 3.8) is 0 Å². The topological polar surface area (TPSA) is 66.6 Å². The van der Waals surface area contributed by atoms with E-state index in [0.717, 1.165) is 13.1 Å². The number of rotatable bonds is 6. The van der Waals surface area contributed by atoms with Crippen molar-refractivity contribution in [3.8, 4) is 5.75 Å². The molecule has 0 atom stereocenters. The number of hydrogen-bond acceptors (Lipinski definition) is 4. The molecule has 5 heteroatoms. The molecule has 1 N–H and O–H groups in total. The largest absolute Gasteiger partial charge is 0.508 e. The van der Waals surface area contributed by atoms with Crippen molar-refractivity contribution in [3.05, 3.63) is 33.9 Å². The summed E-state index contributed by atoms with van der Waals surface area (Å²) >= 11 is 0. The average molecular weight is 252 g/mol. The van der Waals surface area contributed by atoms with Crippen molar-refractivity contribution < 1.29 is 10.0 Å². The number of aromatic hydroxyl groups is 1. The Labute approximate surface area is 107 Å². The van der Waals surface area contributed by atoms with Gasteiger partial charge in [0.15, 0.2) is 0 Å². The molecule has 0 bridgehead atoms. The first-order chi connectivity index (χ1) is 8.43. The summed E-state index contributed by atoms with van der Waals surface area (Å²) < 4.78 is 0. The smallest absolute Gasteiger partial charge is 0.270 e. The lowest BCUT2D eigenvalue weighted by Gasteiger charge is -2.22. The van der Waals surface area contributed by atoms with Crippen molar-refractivity contribution in [1.82, 2.24) is 4.90 Å². The monoisotopic (exact) mass is 252 g/mol. The average Bonchev–Trinajstić information content (AvgIpc) is 2.29. The Bertz CT molecular complexity index is 419. The van der Waals surface area contributed by atoms with Gasteiger partial charge >= 0.3 is 0 Å². The van der Waals surface area contributed by atoms with Gasteiger partial charge in [0.25, 0.3) is 5.69 Å². The highest BCUT2D eigenvalue weighted by molar-refractivity contribution is 5.42. The van der Waals surface area contributed by atoms with Crippen molar-refractivity contribution >= 4 is 5.69 Å². The molecule has 1 aromatic carbocycles. The summed E-state index contributed by atoms with van der Waals surface area (Å²) in [5.41, 5.74) is 0.620. The number of nitro benzene ring substituents is 1. The highest BCUT2D eigenvalue weighted by atomic mass is 16.6. The predicted molar refractivity (Wildman–Crippen MR) is 70.6 cm³/mol. The molecular weight excluding hydrogens is 232 g/mol. The molecule has 100 valence electrons. The second kappa shape index (κ2) is 6.35. The fourth-order valence-electron chi connectivity index (χ4n) is 1.87. The Hall–Kier alpha value is -1.62. The third kappa shape index (κ3) is 4.00. The highest BCUT2D eigenvalue weighted by Crippen LogP contribution is 2.24. The van der Waals surface area contributed by atoms with E-state index in [0.29, 0.717) is 18.0 Å². The van der Waals surface area contributed by atoms with Gasteiger partial charge in [0, 0.05) is 30.8 Å². The van der Waals surface area contributed by atoms with Gasteiger partial charge in [-0.1, -0.05) is 20.8 Å². The van der Waals surface area contributed by atoms with Gasteiger partial charge in [0.05, 0.1) is 4.92 Å². The van der Waals surface area contributed by atoms with Crippen LogP contribution in [0.15, 0.2) is 18.2 Å². The molecule has 1 rings (SSSR count). The van der Waals surface area contributed by atoms with E-state index < -0.39 is 4.92 Å². The number of hydrogen-bond donors (Lipinski definition) is 1. The number of nitrogens with zero attached hydrogens (tertiary/aromatic N) is 2. The maximum absolute atomic E-state index is 10.7. The predicted octanol–water partition coefficient (Wildman–Crippen LogP) is 2.78. The Morgan fingerprint density at radius 2 is 2.11 bits per heavy atom. The second-order valence-corrected chi connectivity index (χ2v) is 4.79. The van der Waals surface area contributed by atoms with Crippen molar-refractivity contribution in [2.24, 2.45) is 5.92 Å². The van der Waals surface area contributed by atoms with Crippen LogP contribution in [0.4, 0.5) is 5.69 Å². The van der Waals surface area contributed by atoms with Crippen LogP contribution in [0.1, 0.15) is 26.3 Å². The third-order valence-electron chi connectivity index (χ3n) is 2.74. The molecule has 0 unspecified atom stereocenters. The molecule has 0 spiro atoms. The Kier molecular flexibility index (Phi) is 5.09. The van der Waals surface area contributed by atoms with Gasteiger partial charge < -0.3 is 5.11 Å². The summed E-state index contributed by atoms with van der Waals surface area (Å²) in [6, 6.07) is 4.15. The fraction of sp³-hybridized carbons (Fsp3) is 0.538. The molecule has 0 aliphatic heterocycles. The van der Waals surface area contributed by atoms with E-state index in [2.05, 4.69) is 18.7 Å². The van der Waals surface area contributed by atoms with E-state index in [-0.39, 0.29) is 11.4 Å². The zero-order chi connectivity index (χ0) is 13.7. The maximum Gasteiger partial charge on any atom is 0.270 e. The Morgan fingerprint density at radius 1 is 1.44 bits per heavy atom. The van der Waals surface area contributed by atoms with E-state index >= 15 is 0 Å². The van der Waals surface area contributed by atoms with Crippen LogP contribution < -0.4 is 0 Å². The number of non-ortho nitro benzene ring substituents is 1. The first kappa shape index (κ1) is 14.4. The first-order valence-corrected chi connectivity index (χ1v) is 6.12. The lowest BCUT2D eigenvalue weighted by atomic mass is 10.1. The quantitative estimate of drug-likeness (QED) is 0.624. The molecule has 0 heterocycles. The van der Waals surface area contributed by atoms with Gasteiger partial charge in [0.1, 0.15) is 5.75 Å². The normalized spacial score (nSPS) is 11.2. The zero-order valence-corrected chi connectivity index (χ0v) is 11.1. The van der Waals surface area contributed by atoms with Gasteiger partial charge in [-0.2, -0.15) is 0 Å². The highest BCUT2D eigenvalue weighted by Gasteiger charge is 2.13. The van der Waals surface area contributed by atoms with Gasteiger partial charge in [-0.25, -0.2) is 0 Å². The van der Waals surface area contributed by atoms with Crippen LogP contribution in [0.3, 0.4) is 0 Å². The number of nitro groups is 1. The minimum Gasteiger partial charge on any atom is -0.508 e. The van der Waals surface area contributed by atoms with Crippen LogP contribution in [-0.4, -0.2) is 28.0 Å². The first-order valence-electron chi connectivity index (χ1n) is 6.12. The molecule has 1 aromatic rings. The minimum absolute atomic E-state index is 0.0170. The maximum atomic E-state index is 10.7. The van der Waals surface area contributed by atoms with E-state index in [1.807, 2.05) is 6.92 Å². The van der Waals surface area contributed by atoms with E-state index in [9.17, 15) is 15.2 Å². The molecule has 0 saturated heterocycles. The third-order valence-corrected chi connectivity index (χ3v) is 2.74. The Morgan fingerprint density at radius 3 is 2.61 bits per heavy atom. The SMILES string of the molecule is CCN(Cc1cc([N+](=O)[O-])ccc1O)CC(C)C. The molecule has 5 nitrogen and oxygen atoms in total. The van der Waals surface area contributed by atoms with E-state index in [1.165, 1.54) is 18.2 Å². The van der Waals surface area contributed by atoms with Gasteiger partial charge in [-0.15, -0.1) is 0 Å². The van der Waals surface area contributed by atoms with Crippen molar-refractivity contribution in [2.75, 3.05) is 13.1 Å². The molecule has 0 saturated carbocycles. The van der Waals surface area contributed by atoms with Crippen LogP contribution in [0, 0.1) is 16.0 Å². The summed E-state index contributed by atoms with van der Waals surface area (Å²) in [7, 11) is 0. The summed E-state index contributed by atoms with van der Waals surface area (Å²) in [5, 5.41) is 20.5. The standard InChI is InChI=1S/C13H20N2O3/c1-4-14(8-10(2)3)9-11-7-12(15(17)18)5-6-13(11)16/h5-7,10,16H,4,8-9H2,1-3H3. The van der Waals surface area contributed by atoms with Crippen LogP contribution in [0.2, 0.25) is 0 Å². The molecule has 0 fully saturated rings. The van der Waals surface area contributed by atoms with Crippen LogP contribution in [0.25, 0.3) is 0 Å². The van der Waals surface area contributed by atoms with Gasteiger partial charge in [0.2, 0.25) is 0 Å². The molecule has 0 amide bonds. The molecule has 0 aliphatic carbocycles. The van der Waals surface area contributed by atoms with Crippen LogP contribution >= 0.6 is 0 Å². The number of phenolic OH excluding ortho intramolecular Hbond substituents is 1. The zero-order valence-electron chi connectivity index (χ0n) is 11.1. The molecule has 0 aromatic heterocycles. The second-order valence-electron chi connectivity index (χ2n) is 4.79. The summed E-state index contributed by atoms with van der Waals surface area (Å²) in [4.78, 5) is 12.4. The van der Waals surface area contributed by atoms with Crippen molar-refractivity contribution in [1.29, 1.82) is 0 Å². The van der Waals surface area contributed by atoms with Gasteiger partial charge in [-0.3, -0.25) is 15.0 Å². The van der Waals surface area contributed by atoms with Crippen LogP contribution in [0.5, 0.6) is 5.75 Å². The van der Waals surface area contributed by atoms with Crippen LogP contribution in [-0.2, 0) is 6.54 Å². The molecular formula is C13H20N2O3.